The summed E-state index contributed by atoms with van der Waals surface area (Å²) in [7, 11) is 0. The molecule has 5 atom stereocenters. The van der Waals surface area contributed by atoms with Crippen molar-refractivity contribution >= 4 is 111 Å². The number of nitrogens with zero attached hydrogens (tertiary/aromatic N) is 1. The third-order valence-corrected chi connectivity index (χ3v) is 13.3. The number of aliphatic carboxylic acids is 7. The van der Waals surface area contributed by atoms with E-state index in [-0.39, 0.29) is 54.3 Å². The van der Waals surface area contributed by atoms with E-state index in [2.05, 4.69) is 50.6 Å². The van der Waals surface area contributed by atoms with Crippen molar-refractivity contribution in [2.45, 2.75) is 83.6 Å². The molecule has 0 aliphatic heterocycles. The molecule has 0 aromatic heterocycles. The van der Waals surface area contributed by atoms with Crippen molar-refractivity contribution in [1.82, 2.24) is 36.8 Å². The monoisotopic (exact) mass is 1410 g/mol. The maximum absolute atomic E-state index is 11.8. The third kappa shape index (κ3) is 36.2. The standard InChI is InChI=1S/C13H21N3O.C12H14N2O5.C11H12N2O5.C11H14N2O4.2C10H12N2O3/c1-3-16(4-2)10-9-15-13(17)11-5-7-12(14)8-6-11;13-8-3-1-7(2-4-8)11(17)14-9(12(18)19)5-6-10(15)16;12-7-3-1-6(2-4-7)10(16)13-8(11(17)18)5-9(14)15;1-6(14)9(11(16)17)13-10(15)7-2-4-8(12)5-3-7;1-6(10(14)15)12-9(13)7-2-4-8(11)5-3-7;11-8-3-1-7(2-4-8)10(15)12-6-5-9(13)14/h5-8H,3-4,9-10,14H2,1-2H3,(H,15,17);1-4,9H,5-6,13H2,(H,14,17)(H,15,16)(H,18,19);1-4,8H,5,12H2,(H,13,16)(H,14,15)(H,17,18);2-6,9,14H,12H2,1H3,(H,13,15)(H,16,17);2-6H,11H2,1H3,(H,12,13)(H,14,15);1-4H,5-6,11H2,(H,12,15)(H,13,14)/t;9-;8-;6?,9-;6-;/m.0000./s1. The number of hydrogen-bond donors (Lipinski definition) is 20. The molecule has 0 heterocycles. The van der Waals surface area contributed by atoms with Gasteiger partial charge in [-0.25, -0.2) is 14.4 Å². The largest absolute Gasteiger partial charge is 0.481 e. The van der Waals surface area contributed by atoms with Crippen molar-refractivity contribution in [3.05, 3.63) is 179 Å². The normalized spacial score (nSPS) is 11.5. The van der Waals surface area contributed by atoms with Crippen LogP contribution in [-0.4, -0.2) is 186 Å². The van der Waals surface area contributed by atoms with Crippen molar-refractivity contribution in [3.63, 3.8) is 0 Å². The number of likely N-dealkylation sites (N-methyl/N-ethyl adjacent to an activating group) is 1. The Bertz CT molecular complexity index is 3690. The van der Waals surface area contributed by atoms with Gasteiger partial charge in [-0.15, -0.1) is 0 Å². The van der Waals surface area contributed by atoms with Crippen LogP contribution in [0.1, 0.15) is 116 Å². The van der Waals surface area contributed by atoms with Gasteiger partial charge in [-0.2, -0.15) is 0 Å². The van der Waals surface area contributed by atoms with Gasteiger partial charge in [0.15, 0.2) is 6.04 Å². The number of nitrogen functional groups attached to an aromatic ring is 6. The minimum atomic E-state index is -1.47. The number of carbonyl (C=O) groups is 13. The number of rotatable bonds is 28. The highest BCUT2D eigenvalue weighted by Gasteiger charge is 2.27. The number of carbonyl (C=O) groups excluding carboxylic acids is 6. The van der Waals surface area contributed by atoms with Crippen LogP contribution in [0.4, 0.5) is 34.1 Å². The van der Waals surface area contributed by atoms with Crippen LogP contribution in [0.3, 0.4) is 0 Å². The third-order valence-electron chi connectivity index (χ3n) is 13.3. The molecule has 0 saturated heterocycles. The number of carboxylic acids is 7. The van der Waals surface area contributed by atoms with Crippen LogP contribution in [-0.2, 0) is 33.6 Å². The van der Waals surface area contributed by atoms with Gasteiger partial charge in [-0.3, -0.25) is 47.9 Å². The molecule has 101 heavy (non-hydrogen) atoms. The predicted octanol–water partition coefficient (Wildman–Crippen LogP) is 2.36. The highest BCUT2D eigenvalue weighted by atomic mass is 16.4. The van der Waals surface area contributed by atoms with Gasteiger partial charge in [-0.1, -0.05) is 13.8 Å². The number of aliphatic hydroxyl groups is 1. The summed E-state index contributed by atoms with van der Waals surface area (Å²) in [6.07, 6.45) is -2.45. The predicted molar refractivity (Wildman–Crippen MR) is 372 cm³/mol. The van der Waals surface area contributed by atoms with E-state index in [4.69, 9.17) is 70.1 Å². The first kappa shape index (κ1) is 86.2. The molecule has 6 aromatic rings. The van der Waals surface area contributed by atoms with Crippen LogP contribution in [0, 0.1) is 0 Å². The van der Waals surface area contributed by atoms with Gasteiger partial charge >= 0.3 is 41.8 Å². The number of nitrogens with two attached hydrogens (primary N) is 6. The van der Waals surface area contributed by atoms with E-state index in [1.54, 1.807) is 72.8 Å². The maximum atomic E-state index is 11.8. The molecule has 1 unspecified atom stereocenters. The topological polar surface area (TPSA) is 615 Å². The summed E-state index contributed by atoms with van der Waals surface area (Å²) in [6.45, 7) is 10.6. The molecule has 0 aliphatic carbocycles. The number of amides is 6. The second-order valence-corrected chi connectivity index (χ2v) is 21.2. The zero-order valence-corrected chi connectivity index (χ0v) is 55.4. The zero-order chi connectivity index (χ0) is 76.5. The Morgan fingerprint density at radius 2 is 0.644 bits per heavy atom. The average molecular weight is 1410 g/mol. The Morgan fingerprint density at radius 1 is 0.356 bits per heavy atom. The van der Waals surface area contributed by atoms with Gasteiger partial charge in [0.2, 0.25) is 0 Å². The van der Waals surface area contributed by atoms with E-state index in [1.165, 1.54) is 86.6 Å². The molecule has 0 radical (unpaired) electrons. The molecular formula is C67H85N13O21. The van der Waals surface area contributed by atoms with Gasteiger partial charge in [0.25, 0.3) is 35.4 Å². The first-order valence-electron chi connectivity index (χ1n) is 30.4. The molecule has 34 heteroatoms. The van der Waals surface area contributed by atoms with Crippen molar-refractivity contribution in [2.75, 3.05) is 67.1 Å². The Balaban J connectivity index is 0.000000607. The molecular weight excluding hydrogens is 1320 g/mol. The van der Waals surface area contributed by atoms with E-state index < -0.39 is 102 Å². The Labute approximate surface area is 579 Å². The first-order valence-corrected chi connectivity index (χ1v) is 30.4. The fraction of sp³-hybridized carbons (Fsp3) is 0.269. The second-order valence-electron chi connectivity index (χ2n) is 21.2. The number of nitrogens with one attached hydrogen (secondary N) is 6. The van der Waals surface area contributed by atoms with Crippen LogP contribution in [0.2, 0.25) is 0 Å². The summed E-state index contributed by atoms with van der Waals surface area (Å²) >= 11 is 0. The van der Waals surface area contributed by atoms with Crippen LogP contribution in [0.25, 0.3) is 0 Å². The van der Waals surface area contributed by atoms with E-state index in [1.807, 2.05) is 0 Å². The minimum absolute atomic E-state index is 0.0443. The molecule has 0 aliphatic rings. The molecule has 34 nitrogen and oxygen atoms in total. The summed E-state index contributed by atoms with van der Waals surface area (Å²) in [5.41, 5.74) is 38.4. The number of benzene rings is 6. The summed E-state index contributed by atoms with van der Waals surface area (Å²) in [5.74, 6) is -11.0. The lowest BCUT2D eigenvalue weighted by Crippen LogP contribution is -2.47. The lowest BCUT2D eigenvalue weighted by Gasteiger charge is -2.17. The highest BCUT2D eigenvalue weighted by molar-refractivity contribution is 6.00. The lowest BCUT2D eigenvalue weighted by molar-refractivity contribution is -0.145. The SMILES string of the molecule is CC(O)[C@H](NC(=O)c1ccc(N)cc1)C(=O)O.CCN(CC)CCNC(=O)c1ccc(N)cc1.C[C@H](NC(=O)c1ccc(N)cc1)C(=O)O.Nc1ccc(C(=O)NCCC(=O)O)cc1.Nc1ccc(C(=O)N[C@@H](CC(=O)O)C(=O)O)cc1.Nc1ccc(C(=O)N[C@@H](CCC(=O)O)C(=O)O)cc1. The molecule has 544 valence electrons. The van der Waals surface area contributed by atoms with Crippen molar-refractivity contribution in [2.24, 2.45) is 0 Å². The smallest absolute Gasteiger partial charge is 0.328 e. The number of carboxylic acid groups (broad SMARTS) is 7. The quantitative estimate of drug-likeness (QED) is 0.0313. The molecule has 26 N–H and O–H groups in total. The molecule has 6 rings (SSSR count). The molecule has 0 bridgehead atoms. The van der Waals surface area contributed by atoms with Gasteiger partial charge in [0.1, 0.15) is 18.1 Å². The van der Waals surface area contributed by atoms with E-state index in [0.717, 1.165) is 19.6 Å². The van der Waals surface area contributed by atoms with E-state index in [0.29, 0.717) is 57.4 Å². The Kier molecular flexibility index (Phi) is 38.9. The molecule has 0 fully saturated rings. The lowest BCUT2D eigenvalue weighted by atomic mass is 10.1. The van der Waals surface area contributed by atoms with Gasteiger partial charge in [0.05, 0.1) is 18.9 Å². The van der Waals surface area contributed by atoms with E-state index in [9.17, 15) is 67.4 Å². The van der Waals surface area contributed by atoms with Crippen LogP contribution < -0.4 is 66.3 Å². The number of aliphatic hydroxyl groups excluding tert-OH is 1. The summed E-state index contributed by atoms with van der Waals surface area (Å²) in [4.78, 5) is 146. The van der Waals surface area contributed by atoms with Gasteiger partial charge in [-0.05, 0) is 179 Å². The fourth-order valence-electron chi connectivity index (χ4n) is 7.50. The van der Waals surface area contributed by atoms with Crippen molar-refractivity contribution in [1.29, 1.82) is 0 Å². The minimum Gasteiger partial charge on any atom is -0.481 e. The van der Waals surface area contributed by atoms with Gasteiger partial charge in [0, 0.05) is 93.6 Å². The van der Waals surface area contributed by atoms with Crippen molar-refractivity contribution in [3.8, 4) is 0 Å². The first-order chi connectivity index (χ1) is 47.5. The van der Waals surface area contributed by atoms with Crippen LogP contribution in [0.15, 0.2) is 146 Å². The summed E-state index contributed by atoms with van der Waals surface area (Å²) in [6, 6.07) is 32.5. The van der Waals surface area contributed by atoms with E-state index >= 15 is 0 Å². The number of hydrogen-bond acceptors (Lipinski definition) is 21. The molecule has 0 spiro atoms. The average Bonchev–Trinajstić information content (AvgIpc) is 0.928. The summed E-state index contributed by atoms with van der Waals surface area (Å²) < 4.78 is 0. The summed E-state index contributed by atoms with van der Waals surface area (Å²) in [5, 5.41) is 84.0. The fourth-order valence-corrected chi connectivity index (χ4v) is 7.50. The Morgan fingerprint density at radius 3 is 0.911 bits per heavy atom. The second kappa shape index (κ2) is 45.6. The van der Waals surface area contributed by atoms with Crippen molar-refractivity contribution < 1.29 is 103 Å². The van der Waals surface area contributed by atoms with Crippen LogP contribution in [0.5, 0.6) is 0 Å². The zero-order valence-electron chi connectivity index (χ0n) is 55.4. The molecule has 0 saturated carbocycles. The molecule has 6 aromatic carbocycles. The highest BCUT2D eigenvalue weighted by Crippen LogP contribution is 2.12. The Hall–Kier alpha value is -12.9. The van der Waals surface area contributed by atoms with Crippen LogP contribution >= 0.6 is 0 Å². The number of anilines is 6. The molecule has 6 amide bonds. The maximum Gasteiger partial charge on any atom is 0.328 e. The van der Waals surface area contributed by atoms with Gasteiger partial charge < -0.3 is 112 Å².